The van der Waals surface area contributed by atoms with Crippen molar-refractivity contribution >= 4 is 23.3 Å². The van der Waals surface area contributed by atoms with Gasteiger partial charge in [-0.25, -0.2) is 4.79 Å². The first-order valence-electron chi connectivity index (χ1n) is 5.88. The maximum Gasteiger partial charge on any atom is 0.337 e. The number of ether oxygens (including phenoxy) is 1. The summed E-state index contributed by atoms with van der Waals surface area (Å²) in [6, 6.07) is 4.86. The molecule has 1 amide bonds. The molecule has 1 N–H and O–H groups in total. The third-order valence-electron chi connectivity index (χ3n) is 3.03. The summed E-state index contributed by atoms with van der Waals surface area (Å²) in [5.74, 6) is -0.344. The zero-order valence-corrected chi connectivity index (χ0v) is 10.7. The number of hydrogen-bond acceptors (Lipinski definition) is 4. The summed E-state index contributed by atoms with van der Waals surface area (Å²) in [6.07, 6.45) is 0. The first kappa shape index (κ1) is 12.4. The van der Waals surface area contributed by atoms with E-state index in [1.165, 1.54) is 7.11 Å². The van der Waals surface area contributed by atoms with E-state index in [0.29, 0.717) is 12.1 Å². The Bertz CT molecular complexity index is 499. The lowest BCUT2D eigenvalue weighted by molar-refractivity contribution is -0.119. The SMILES string of the molecule is CCN1C(=O)C(C)Nc2cc(C(=O)OC)ccc21. The standard InChI is InChI=1S/C13H16N2O3/c1-4-15-11-6-5-9(13(17)18-3)7-10(11)14-8(2)12(15)16/h5-8,14H,4H2,1-3H3. The molecule has 0 saturated carbocycles. The lowest BCUT2D eigenvalue weighted by Crippen LogP contribution is -2.45. The first-order chi connectivity index (χ1) is 8.58. The number of nitrogens with zero attached hydrogens (tertiary/aromatic N) is 1. The molecule has 1 heterocycles. The molecule has 0 spiro atoms. The van der Waals surface area contributed by atoms with Crippen LogP contribution in [0.2, 0.25) is 0 Å². The van der Waals surface area contributed by atoms with E-state index in [9.17, 15) is 9.59 Å². The van der Waals surface area contributed by atoms with Crippen LogP contribution in [-0.2, 0) is 9.53 Å². The van der Waals surface area contributed by atoms with Gasteiger partial charge in [-0.05, 0) is 32.0 Å². The van der Waals surface area contributed by atoms with Crippen LogP contribution in [0, 0.1) is 0 Å². The highest BCUT2D eigenvalue weighted by molar-refractivity contribution is 6.05. The minimum atomic E-state index is -0.382. The van der Waals surface area contributed by atoms with Crippen LogP contribution in [0.3, 0.4) is 0 Å². The molecule has 1 aliphatic heterocycles. The third-order valence-corrected chi connectivity index (χ3v) is 3.03. The number of esters is 1. The molecule has 5 heteroatoms. The van der Waals surface area contributed by atoms with Crippen molar-refractivity contribution < 1.29 is 14.3 Å². The number of amides is 1. The quantitative estimate of drug-likeness (QED) is 0.808. The van der Waals surface area contributed by atoms with Crippen molar-refractivity contribution in [1.29, 1.82) is 0 Å². The number of hydrogen-bond donors (Lipinski definition) is 1. The molecule has 5 nitrogen and oxygen atoms in total. The van der Waals surface area contributed by atoms with Crippen molar-refractivity contribution in [3.63, 3.8) is 0 Å². The molecular formula is C13H16N2O3. The Morgan fingerprint density at radius 1 is 1.50 bits per heavy atom. The van der Waals surface area contributed by atoms with Crippen LogP contribution in [-0.4, -0.2) is 31.6 Å². The van der Waals surface area contributed by atoms with Gasteiger partial charge in [0, 0.05) is 6.54 Å². The highest BCUT2D eigenvalue weighted by Gasteiger charge is 2.28. The van der Waals surface area contributed by atoms with Crippen LogP contribution in [0.5, 0.6) is 0 Å². The molecule has 1 aromatic rings. The van der Waals surface area contributed by atoms with E-state index in [4.69, 9.17) is 0 Å². The molecule has 0 fully saturated rings. The molecule has 0 aromatic heterocycles. The maximum absolute atomic E-state index is 12.0. The molecule has 96 valence electrons. The first-order valence-corrected chi connectivity index (χ1v) is 5.88. The third kappa shape index (κ3) is 1.92. The smallest absolute Gasteiger partial charge is 0.337 e. The summed E-state index contributed by atoms with van der Waals surface area (Å²) in [5, 5.41) is 3.09. The fourth-order valence-electron chi connectivity index (χ4n) is 2.11. The molecule has 2 rings (SSSR count). The van der Waals surface area contributed by atoms with Crippen molar-refractivity contribution in [2.75, 3.05) is 23.9 Å². The van der Waals surface area contributed by atoms with Crippen molar-refractivity contribution in [2.24, 2.45) is 0 Å². The van der Waals surface area contributed by atoms with Crippen LogP contribution in [0.15, 0.2) is 18.2 Å². The summed E-state index contributed by atoms with van der Waals surface area (Å²) in [5.41, 5.74) is 2.06. The lowest BCUT2D eigenvalue weighted by Gasteiger charge is -2.33. The second-order valence-corrected chi connectivity index (χ2v) is 4.17. The maximum atomic E-state index is 12.0. The number of benzene rings is 1. The van der Waals surface area contributed by atoms with Gasteiger partial charge in [-0.15, -0.1) is 0 Å². The topological polar surface area (TPSA) is 58.6 Å². The molecule has 0 bridgehead atoms. The summed E-state index contributed by atoms with van der Waals surface area (Å²) in [7, 11) is 1.35. The van der Waals surface area contributed by atoms with E-state index in [-0.39, 0.29) is 17.9 Å². The Hall–Kier alpha value is -2.04. The molecule has 1 atom stereocenters. The van der Waals surface area contributed by atoms with Crippen molar-refractivity contribution in [1.82, 2.24) is 0 Å². The second kappa shape index (κ2) is 4.68. The number of carbonyl (C=O) groups excluding carboxylic acids is 2. The Morgan fingerprint density at radius 3 is 2.83 bits per heavy atom. The largest absolute Gasteiger partial charge is 0.465 e. The predicted molar refractivity (Wildman–Crippen MR) is 68.9 cm³/mol. The summed E-state index contributed by atoms with van der Waals surface area (Å²) >= 11 is 0. The van der Waals surface area contributed by atoms with Gasteiger partial charge in [0.1, 0.15) is 6.04 Å². The average molecular weight is 248 g/mol. The van der Waals surface area contributed by atoms with E-state index in [0.717, 1.165) is 11.4 Å². The number of rotatable bonds is 2. The van der Waals surface area contributed by atoms with Gasteiger partial charge in [-0.3, -0.25) is 4.79 Å². The normalized spacial score (nSPS) is 18.1. The Labute approximate surface area is 106 Å². The van der Waals surface area contributed by atoms with Crippen LogP contribution in [0.1, 0.15) is 24.2 Å². The van der Waals surface area contributed by atoms with Gasteiger partial charge >= 0.3 is 5.97 Å². The molecular weight excluding hydrogens is 232 g/mol. The number of nitrogens with one attached hydrogen (secondary N) is 1. The lowest BCUT2D eigenvalue weighted by atomic mass is 10.1. The second-order valence-electron chi connectivity index (χ2n) is 4.17. The monoisotopic (exact) mass is 248 g/mol. The zero-order chi connectivity index (χ0) is 13.3. The van der Waals surface area contributed by atoms with Crippen LogP contribution in [0.4, 0.5) is 11.4 Å². The van der Waals surface area contributed by atoms with Gasteiger partial charge in [0.2, 0.25) is 5.91 Å². The van der Waals surface area contributed by atoms with E-state index < -0.39 is 0 Å². The minimum absolute atomic E-state index is 0.0378. The number of carbonyl (C=O) groups is 2. The van der Waals surface area contributed by atoms with Crippen molar-refractivity contribution in [3.8, 4) is 0 Å². The van der Waals surface area contributed by atoms with E-state index in [2.05, 4.69) is 10.1 Å². The van der Waals surface area contributed by atoms with E-state index in [1.807, 2.05) is 6.92 Å². The molecule has 18 heavy (non-hydrogen) atoms. The van der Waals surface area contributed by atoms with Gasteiger partial charge in [0.25, 0.3) is 0 Å². The van der Waals surface area contributed by atoms with Crippen LogP contribution < -0.4 is 10.2 Å². The molecule has 1 aliphatic rings. The zero-order valence-electron chi connectivity index (χ0n) is 10.7. The highest BCUT2D eigenvalue weighted by atomic mass is 16.5. The van der Waals surface area contributed by atoms with Crippen LogP contribution in [0.25, 0.3) is 0 Å². The van der Waals surface area contributed by atoms with Gasteiger partial charge in [-0.2, -0.15) is 0 Å². The van der Waals surface area contributed by atoms with Gasteiger partial charge in [-0.1, -0.05) is 0 Å². The summed E-state index contributed by atoms with van der Waals surface area (Å²) in [6.45, 7) is 4.34. The fraction of sp³-hybridized carbons (Fsp3) is 0.385. The van der Waals surface area contributed by atoms with Crippen molar-refractivity contribution in [2.45, 2.75) is 19.9 Å². The van der Waals surface area contributed by atoms with Crippen LogP contribution >= 0.6 is 0 Å². The van der Waals surface area contributed by atoms with Crippen molar-refractivity contribution in [3.05, 3.63) is 23.8 Å². The Balaban J connectivity index is 2.45. The number of anilines is 2. The van der Waals surface area contributed by atoms with E-state index in [1.54, 1.807) is 30.0 Å². The van der Waals surface area contributed by atoms with Gasteiger partial charge in [0.05, 0.1) is 24.0 Å². The number of fused-ring (bicyclic) bond motifs is 1. The minimum Gasteiger partial charge on any atom is -0.465 e. The molecule has 1 unspecified atom stereocenters. The van der Waals surface area contributed by atoms with Gasteiger partial charge < -0.3 is 15.0 Å². The number of methoxy groups -OCH3 is 1. The Kier molecular flexibility index (Phi) is 3.23. The average Bonchev–Trinajstić information content (AvgIpc) is 2.39. The molecule has 1 aromatic carbocycles. The number of likely N-dealkylation sites (N-methyl/N-ethyl adjacent to an activating group) is 1. The Morgan fingerprint density at radius 2 is 2.22 bits per heavy atom. The predicted octanol–water partition coefficient (Wildman–Crippen LogP) is 1.64. The van der Waals surface area contributed by atoms with E-state index >= 15 is 0 Å². The summed E-state index contributed by atoms with van der Waals surface area (Å²) < 4.78 is 4.68. The summed E-state index contributed by atoms with van der Waals surface area (Å²) in [4.78, 5) is 25.1. The molecule has 0 saturated heterocycles. The fourth-order valence-corrected chi connectivity index (χ4v) is 2.11. The van der Waals surface area contributed by atoms with Gasteiger partial charge in [0.15, 0.2) is 0 Å². The molecule has 0 radical (unpaired) electrons. The highest BCUT2D eigenvalue weighted by Crippen LogP contribution is 2.32. The molecule has 0 aliphatic carbocycles.